The van der Waals surface area contributed by atoms with Crippen molar-refractivity contribution in [1.82, 2.24) is 10.2 Å². The van der Waals surface area contributed by atoms with Crippen LogP contribution in [-0.4, -0.2) is 60.0 Å². The minimum atomic E-state index is -0.426. The van der Waals surface area contributed by atoms with Gasteiger partial charge in [-0.15, -0.1) is 0 Å². The van der Waals surface area contributed by atoms with E-state index in [1.807, 2.05) is 6.07 Å². The van der Waals surface area contributed by atoms with Crippen LogP contribution in [-0.2, 0) is 24.2 Å². The third-order valence-corrected chi connectivity index (χ3v) is 7.98. The zero-order valence-corrected chi connectivity index (χ0v) is 22.3. The number of ketones is 1. The molecule has 1 atom stereocenters. The Balaban J connectivity index is 1.44. The predicted molar refractivity (Wildman–Crippen MR) is 146 cm³/mol. The fraction of sp³-hybridized carbons (Fsp3) is 0.548. The molecule has 0 radical (unpaired) electrons. The number of rotatable bonds is 9. The van der Waals surface area contributed by atoms with E-state index in [1.165, 1.54) is 23.1 Å². The highest BCUT2D eigenvalue weighted by Crippen LogP contribution is 2.22. The molecule has 2 heterocycles. The van der Waals surface area contributed by atoms with E-state index in [-0.39, 0.29) is 11.8 Å². The van der Waals surface area contributed by atoms with Crippen LogP contribution in [0.15, 0.2) is 54.6 Å². The van der Waals surface area contributed by atoms with E-state index in [1.54, 1.807) is 0 Å². The minimum Gasteiger partial charge on any atom is -0.296 e. The summed E-state index contributed by atoms with van der Waals surface area (Å²) in [5, 5.41) is 3.28. The number of carbonyl (C=O) groups is 2. The van der Waals surface area contributed by atoms with Gasteiger partial charge in [-0.1, -0.05) is 68.4 Å². The number of likely N-dealkylation sites (tertiary alicyclic amines) is 1. The second kappa shape index (κ2) is 12.6. The fourth-order valence-electron chi connectivity index (χ4n) is 5.90. The van der Waals surface area contributed by atoms with Gasteiger partial charge in [-0.25, -0.2) is 9.28 Å². The van der Waals surface area contributed by atoms with Crippen LogP contribution in [0.4, 0.5) is 4.79 Å². The molecule has 1 fully saturated rings. The highest BCUT2D eigenvalue weighted by molar-refractivity contribution is 5.89. The first kappa shape index (κ1) is 26.6. The van der Waals surface area contributed by atoms with Crippen molar-refractivity contribution in [1.29, 1.82) is 0 Å². The smallest absolute Gasteiger partial charge is 0.296 e. The lowest BCUT2D eigenvalue weighted by Crippen LogP contribution is -2.63. The standard InChI is InChI=1S/C31H43N3O2/c1-25(2)22-29(30(35)24-33-18-11-16-27-14-7-8-15-28(27)23-33)32-31(36)34(19-9-4-10-20-34)21-17-26-12-5-3-6-13-26/h3,5-8,12-15,25,29H,4,9-11,16-24H2,1-2H3/p+1. The molecule has 2 aromatic rings. The van der Waals surface area contributed by atoms with Crippen molar-refractivity contribution in [2.75, 3.05) is 32.7 Å². The topological polar surface area (TPSA) is 49.4 Å². The van der Waals surface area contributed by atoms with E-state index in [0.29, 0.717) is 23.4 Å². The maximum atomic E-state index is 13.8. The molecule has 5 heteroatoms. The molecule has 194 valence electrons. The number of nitrogens with zero attached hydrogens (tertiary/aromatic N) is 2. The third-order valence-electron chi connectivity index (χ3n) is 7.98. The van der Waals surface area contributed by atoms with Gasteiger partial charge in [0.25, 0.3) is 0 Å². The number of hydrogen-bond acceptors (Lipinski definition) is 3. The van der Waals surface area contributed by atoms with Crippen molar-refractivity contribution in [3.8, 4) is 0 Å². The lowest BCUT2D eigenvalue weighted by atomic mass is 9.99. The largest absolute Gasteiger partial charge is 0.417 e. The molecule has 2 amide bonds. The van der Waals surface area contributed by atoms with Gasteiger partial charge in [-0.05, 0) is 67.7 Å². The maximum absolute atomic E-state index is 13.8. The maximum Gasteiger partial charge on any atom is 0.417 e. The fourth-order valence-corrected chi connectivity index (χ4v) is 5.90. The van der Waals surface area contributed by atoms with Gasteiger partial charge in [-0.3, -0.25) is 15.0 Å². The molecule has 0 aliphatic carbocycles. The molecule has 0 saturated carbocycles. The number of urea groups is 1. The van der Waals surface area contributed by atoms with Crippen LogP contribution in [0, 0.1) is 5.92 Å². The number of aryl methyl sites for hydroxylation is 1. The van der Waals surface area contributed by atoms with E-state index < -0.39 is 6.04 Å². The number of amides is 2. The quantitative estimate of drug-likeness (QED) is 0.481. The first-order chi connectivity index (χ1) is 17.4. The Hall–Kier alpha value is -2.50. The van der Waals surface area contributed by atoms with Gasteiger partial charge in [0.05, 0.1) is 32.2 Å². The second-order valence-corrected chi connectivity index (χ2v) is 11.3. The van der Waals surface area contributed by atoms with Gasteiger partial charge in [0, 0.05) is 13.0 Å². The molecule has 1 N–H and O–H groups in total. The molecule has 1 saturated heterocycles. The third kappa shape index (κ3) is 7.04. The summed E-state index contributed by atoms with van der Waals surface area (Å²) in [5.41, 5.74) is 3.99. The number of nitrogens with one attached hydrogen (secondary N) is 1. The van der Waals surface area contributed by atoms with Gasteiger partial charge in [0.1, 0.15) is 0 Å². The van der Waals surface area contributed by atoms with Crippen molar-refractivity contribution >= 4 is 11.8 Å². The normalized spacial score (nSPS) is 18.8. The molecule has 1 unspecified atom stereocenters. The van der Waals surface area contributed by atoms with Crippen LogP contribution >= 0.6 is 0 Å². The summed E-state index contributed by atoms with van der Waals surface area (Å²) in [4.78, 5) is 29.7. The Morgan fingerprint density at radius 2 is 1.61 bits per heavy atom. The van der Waals surface area contributed by atoms with E-state index in [0.717, 1.165) is 64.8 Å². The second-order valence-electron chi connectivity index (χ2n) is 11.3. The van der Waals surface area contributed by atoms with Crippen LogP contribution < -0.4 is 5.32 Å². The summed E-state index contributed by atoms with van der Waals surface area (Å²) in [6, 6.07) is 18.6. The summed E-state index contributed by atoms with van der Waals surface area (Å²) in [6.07, 6.45) is 7.01. The van der Waals surface area contributed by atoms with Crippen LogP contribution in [0.1, 0.15) is 62.6 Å². The average Bonchev–Trinajstić information content (AvgIpc) is 3.09. The molecule has 36 heavy (non-hydrogen) atoms. The number of hydrogen-bond donors (Lipinski definition) is 1. The predicted octanol–water partition coefficient (Wildman–Crippen LogP) is 5.37. The minimum absolute atomic E-state index is 0.0471. The van der Waals surface area contributed by atoms with Crippen molar-refractivity contribution in [2.45, 2.75) is 71.4 Å². The SMILES string of the molecule is CC(C)CC(NC(=O)[N+]1(CCc2ccccc2)CCCCC1)C(=O)CN1CCCc2ccccc2C1. The van der Waals surface area contributed by atoms with Gasteiger partial charge >= 0.3 is 6.03 Å². The summed E-state index contributed by atoms with van der Waals surface area (Å²) in [6.45, 7) is 8.91. The monoisotopic (exact) mass is 490 g/mol. The molecule has 2 aromatic carbocycles. The van der Waals surface area contributed by atoms with Gasteiger partial charge < -0.3 is 0 Å². The summed E-state index contributed by atoms with van der Waals surface area (Å²) >= 11 is 0. The van der Waals surface area contributed by atoms with Gasteiger partial charge in [0.2, 0.25) is 0 Å². The Kier molecular flexibility index (Phi) is 9.33. The number of carbonyl (C=O) groups excluding carboxylic acids is 2. The number of fused-ring (bicyclic) bond motifs is 1. The van der Waals surface area contributed by atoms with E-state index in [4.69, 9.17) is 0 Å². The molecule has 0 aromatic heterocycles. The first-order valence-electron chi connectivity index (χ1n) is 14.0. The van der Waals surface area contributed by atoms with E-state index in [2.05, 4.69) is 72.6 Å². The molecule has 0 spiro atoms. The molecule has 4 rings (SSSR count). The van der Waals surface area contributed by atoms with Crippen LogP contribution in [0.25, 0.3) is 0 Å². The van der Waals surface area contributed by atoms with E-state index >= 15 is 0 Å². The lowest BCUT2D eigenvalue weighted by Gasteiger charge is -2.39. The Bertz CT molecular complexity index is 998. The van der Waals surface area contributed by atoms with Crippen molar-refractivity contribution in [3.05, 3.63) is 71.3 Å². The number of piperidine rings is 1. The number of Topliss-reactive ketones (excluding diaryl/α,β-unsaturated/α-hetero) is 1. The Labute approximate surface area is 217 Å². The van der Waals surface area contributed by atoms with Crippen LogP contribution in [0.2, 0.25) is 0 Å². The van der Waals surface area contributed by atoms with Gasteiger partial charge in [-0.2, -0.15) is 0 Å². The molecule has 2 aliphatic rings. The highest BCUT2D eigenvalue weighted by Gasteiger charge is 2.40. The van der Waals surface area contributed by atoms with Gasteiger partial charge in [0.15, 0.2) is 5.78 Å². The summed E-state index contributed by atoms with van der Waals surface area (Å²) in [7, 11) is 0. The first-order valence-corrected chi connectivity index (χ1v) is 14.0. The average molecular weight is 491 g/mol. The molecule has 0 bridgehead atoms. The highest BCUT2D eigenvalue weighted by atomic mass is 16.2. The zero-order chi connectivity index (χ0) is 25.4. The summed E-state index contributed by atoms with van der Waals surface area (Å²) < 4.78 is 0.452. The van der Waals surface area contributed by atoms with Crippen LogP contribution in [0.3, 0.4) is 0 Å². The number of quaternary nitrogens is 1. The Morgan fingerprint density at radius 1 is 0.917 bits per heavy atom. The molecular formula is C31H44N3O2+. The van der Waals surface area contributed by atoms with Crippen molar-refractivity contribution < 1.29 is 14.1 Å². The van der Waals surface area contributed by atoms with Crippen molar-refractivity contribution in [3.63, 3.8) is 0 Å². The Morgan fingerprint density at radius 3 is 2.33 bits per heavy atom. The lowest BCUT2D eigenvalue weighted by molar-refractivity contribution is -0.855. The van der Waals surface area contributed by atoms with Crippen LogP contribution in [0.5, 0.6) is 0 Å². The molecule has 2 aliphatic heterocycles. The molecule has 5 nitrogen and oxygen atoms in total. The number of benzene rings is 2. The summed E-state index contributed by atoms with van der Waals surface area (Å²) in [5.74, 6) is 0.484. The van der Waals surface area contributed by atoms with Crippen molar-refractivity contribution in [2.24, 2.45) is 5.92 Å². The van der Waals surface area contributed by atoms with E-state index in [9.17, 15) is 9.59 Å². The molecular weight excluding hydrogens is 446 g/mol. The zero-order valence-electron chi connectivity index (χ0n) is 22.3.